The molecule has 1 unspecified atom stereocenters. The van der Waals surface area contributed by atoms with Crippen molar-refractivity contribution < 1.29 is 19.2 Å². The van der Waals surface area contributed by atoms with Crippen LogP contribution in [0.15, 0.2) is 4.52 Å². The van der Waals surface area contributed by atoms with Crippen molar-refractivity contribution in [2.24, 2.45) is 0 Å². The molecule has 1 aromatic heterocycles. The number of anilines is 1. The number of nitrogens with one attached hydrogen (secondary N) is 1. The Labute approximate surface area is 163 Å². The molecule has 7 nitrogen and oxygen atoms in total. The number of carboxylic acids is 1. The SMILES string of the molecule is Cc1noc(C2CCCCC2)c1NC1(C)C(=O)N2[C@@H](C(=O)O)C(C)(C)S[C@@H]21. The average molecular weight is 394 g/mol. The Balaban J connectivity index is 1.62. The normalized spacial score (nSPS) is 32.9. The molecule has 3 fully saturated rings. The van der Waals surface area contributed by atoms with Crippen molar-refractivity contribution in [3.05, 3.63) is 11.5 Å². The maximum atomic E-state index is 13.0. The number of hydrogen-bond acceptors (Lipinski definition) is 6. The number of carboxylic acid groups (broad SMARTS) is 1. The molecule has 1 aliphatic carbocycles. The summed E-state index contributed by atoms with van der Waals surface area (Å²) in [5.41, 5.74) is 0.709. The summed E-state index contributed by atoms with van der Waals surface area (Å²) in [6.07, 6.45) is 5.77. The van der Waals surface area contributed by atoms with Gasteiger partial charge in [0.15, 0.2) is 5.76 Å². The van der Waals surface area contributed by atoms with Crippen molar-refractivity contribution in [2.45, 2.75) is 87.4 Å². The van der Waals surface area contributed by atoms with E-state index in [0.29, 0.717) is 5.92 Å². The quantitative estimate of drug-likeness (QED) is 0.757. The van der Waals surface area contributed by atoms with Crippen molar-refractivity contribution in [3.63, 3.8) is 0 Å². The first-order valence-corrected chi connectivity index (χ1v) is 10.5. The number of fused-ring (bicyclic) bond motifs is 1. The first kappa shape index (κ1) is 18.7. The van der Waals surface area contributed by atoms with Crippen LogP contribution in [0.1, 0.15) is 70.2 Å². The highest BCUT2D eigenvalue weighted by atomic mass is 32.2. The minimum absolute atomic E-state index is 0.173. The molecule has 0 aromatic carbocycles. The molecule has 2 N–H and O–H groups in total. The lowest BCUT2D eigenvalue weighted by Gasteiger charge is -2.51. The van der Waals surface area contributed by atoms with E-state index in [1.54, 1.807) is 11.8 Å². The number of nitrogens with zero attached hydrogens (tertiary/aromatic N) is 2. The lowest BCUT2D eigenvalue weighted by atomic mass is 9.84. The van der Waals surface area contributed by atoms with Crippen LogP contribution in [0.4, 0.5) is 5.69 Å². The highest BCUT2D eigenvalue weighted by molar-refractivity contribution is 8.01. The number of aromatic nitrogens is 1. The van der Waals surface area contributed by atoms with E-state index in [0.717, 1.165) is 30.0 Å². The Bertz CT molecular complexity index is 786. The molecule has 3 heterocycles. The zero-order valence-corrected chi connectivity index (χ0v) is 17.1. The Kier molecular flexibility index (Phi) is 4.25. The monoisotopic (exact) mass is 393 g/mol. The van der Waals surface area contributed by atoms with Gasteiger partial charge in [-0.05, 0) is 40.5 Å². The molecule has 3 atom stereocenters. The molecule has 148 valence electrons. The van der Waals surface area contributed by atoms with Gasteiger partial charge < -0.3 is 19.8 Å². The molecular formula is C19H27N3O4S. The van der Waals surface area contributed by atoms with Crippen molar-refractivity contribution in [3.8, 4) is 0 Å². The fourth-order valence-corrected chi connectivity index (χ4v) is 6.43. The molecule has 27 heavy (non-hydrogen) atoms. The van der Waals surface area contributed by atoms with Gasteiger partial charge in [-0.1, -0.05) is 24.4 Å². The van der Waals surface area contributed by atoms with E-state index in [1.165, 1.54) is 24.2 Å². The summed E-state index contributed by atoms with van der Waals surface area (Å²) in [6, 6.07) is -0.809. The molecule has 8 heteroatoms. The summed E-state index contributed by atoms with van der Waals surface area (Å²) in [4.78, 5) is 26.3. The zero-order valence-electron chi connectivity index (χ0n) is 16.2. The second-order valence-corrected chi connectivity index (χ2v) is 10.4. The lowest BCUT2D eigenvalue weighted by Crippen LogP contribution is -2.75. The summed E-state index contributed by atoms with van der Waals surface area (Å²) >= 11 is 1.54. The predicted octanol–water partition coefficient (Wildman–Crippen LogP) is 3.35. The van der Waals surface area contributed by atoms with E-state index in [1.807, 2.05) is 27.7 Å². The van der Waals surface area contributed by atoms with E-state index in [2.05, 4.69) is 10.5 Å². The molecule has 4 rings (SSSR count). The third kappa shape index (κ3) is 2.67. The van der Waals surface area contributed by atoms with Crippen LogP contribution >= 0.6 is 11.8 Å². The number of aryl methyl sites for hydroxylation is 1. The maximum Gasteiger partial charge on any atom is 0.327 e. The van der Waals surface area contributed by atoms with Gasteiger partial charge in [0.25, 0.3) is 5.91 Å². The summed E-state index contributed by atoms with van der Waals surface area (Å²) < 4.78 is 5.12. The topological polar surface area (TPSA) is 95.7 Å². The van der Waals surface area contributed by atoms with Crippen LogP contribution < -0.4 is 5.32 Å². The van der Waals surface area contributed by atoms with Crippen molar-refractivity contribution >= 4 is 29.3 Å². The average Bonchev–Trinajstić information content (AvgIpc) is 3.11. The summed E-state index contributed by atoms with van der Waals surface area (Å²) in [6.45, 7) is 7.52. The van der Waals surface area contributed by atoms with Gasteiger partial charge >= 0.3 is 5.97 Å². The molecule has 3 aliphatic rings. The first-order chi connectivity index (χ1) is 12.7. The van der Waals surface area contributed by atoms with E-state index >= 15 is 0 Å². The van der Waals surface area contributed by atoms with Crippen LogP contribution in [0.3, 0.4) is 0 Å². The van der Waals surface area contributed by atoms with Crippen LogP contribution in [0.2, 0.25) is 0 Å². The van der Waals surface area contributed by atoms with Gasteiger partial charge in [-0.3, -0.25) is 4.79 Å². The van der Waals surface area contributed by atoms with Crippen molar-refractivity contribution in [1.82, 2.24) is 10.1 Å². The predicted molar refractivity (Wildman–Crippen MR) is 103 cm³/mol. The molecule has 0 radical (unpaired) electrons. The van der Waals surface area contributed by atoms with E-state index < -0.39 is 22.3 Å². The van der Waals surface area contributed by atoms with Gasteiger partial charge in [-0.25, -0.2) is 4.79 Å². The molecule has 0 spiro atoms. The molecule has 1 saturated carbocycles. The Morgan fingerprint density at radius 1 is 1.30 bits per heavy atom. The highest BCUT2D eigenvalue weighted by Gasteiger charge is 2.69. The molecule has 2 aliphatic heterocycles. The second-order valence-electron chi connectivity index (χ2n) is 8.70. The molecular weight excluding hydrogens is 366 g/mol. The summed E-state index contributed by atoms with van der Waals surface area (Å²) in [5.74, 6) is 0.0520. The van der Waals surface area contributed by atoms with Crippen LogP contribution in [0.25, 0.3) is 0 Å². The number of β-lactam (4-membered cyclic amide) rings is 1. The number of rotatable bonds is 4. The van der Waals surface area contributed by atoms with Crippen molar-refractivity contribution in [1.29, 1.82) is 0 Å². The van der Waals surface area contributed by atoms with Gasteiger partial charge in [-0.2, -0.15) is 0 Å². The summed E-state index contributed by atoms with van der Waals surface area (Å²) in [7, 11) is 0. The second kappa shape index (κ2) is 6.15. The number of thioether (sulfide) groups is 1. The van der Waals surface area contributed by atoms with Crippen LogP contribution in [-0.2, 0) is 9.59 Å². The van der Waals surface area contributed by atoms with Gasteiger partial charge in [0.05, 0.1) is 0 Å². The fourth-order valence-electron chi connectivity index (χ4n) is 4.78. The lowest BCUT2D eigenvalue weighted by molar-refractivity contribution is -0.163. The number of amides is 1. The third-order valence-electron chi connectivity index (χ3n) is 6.26. The minimum atomic E-state index is -0.950. The minimum Gasteiger partial charge on any atom is -0.480 e. The van der Waals surface area contributed by atoms with Gasteiger partial charge in [-0.15, -0.1) is 11.8 Å². The Morgan fingerprint density at radius 2 is 1.96 bits per heavy atom. The van der Waals surface area contributed by atoms with Gasteiger partial charge in [0, 0.05) is 10.7 Å². The van der Waals surface area contributed by atoms with Crippen molar-refractivity contribution in [2.75, 3.05) is 5.32 Å². The van der Waals surface area contributed by atoms with Gasteiger partial charge in [0.1, 0.15) is 28.3 Å². The maximum absolute atomic E-state index is 13.0. The fraction of sp³-hybridized carbons (Fsp3) is 0.737. The zero-order chi connectivity index (χ0) is 19.6. The number of aliphatic carboxylic acids is 1. The van der Waals surface area contributed by atoms with E-state index in [9.17, 15) is 14.7 Å². The van der Waals surface area contributed by atoms with E-state index in [-0.39, 0.29) is 11.3 Å². The molecule has 2 saturated heterocycles. The number of carbonyl (C=O) groups excluding carboxylic acids is 1. The molecule has 1 amide bonds. The standard InChI is InChI=1S/C19H27N3O4S/c1-10-12(13(26-21-10)11-8-6-5-7-9-11)20-19(4)16(25)22-14(15(23)24)18(2,3)27-17(19)22/h11,14,17,20H,5-9H2,1-4H3,(H,23,24)/t14-,17+,19?/m0/s1. The largest absolute Gasteiger partial charge is 0.480 e. The highest BCUT2D eigenvalue weighted by Crippen LogP contribution is 2.56. The van der Waals surface area contributed by atoms with E-state index in [4.69, 9.17) is 4.52 Å². The number of hydrogen-bond donors (Lipinski definition) is 2. The Hall–Kier alpha value is -1.70. The molecule has 1 aromatic rings. The first-order valence-electron chi connectivity index (χ1n) is 9.64. The smallest absolute Gasteiger partial charge is 0.327 e. The van der Waals surface area contributed by atoms with Gasteiger partial charge in [0.2, 0.25) is 0 Å². The van der Waals surface area contributed by atoms with Crippen LogP contribution in [0, 0.1) is 6.92 Å². The van der Waals surface area contributed by atoms with Crippen LogP contribution in [-0.4, -0.2) is 48.7 Å². The Morgan fingerprint density at radius 3 is 2.59 bits per heavy atom. The molecule has 0 bridgehead atoms. The number of carbonyl (C=O) groups is 2. The third-order valence-corrected chi connectivity index (χ3v) is 8.01. The van der Waals surface area contributed by atoms with Crippen LogP contribution in [0.5, 0.6) is 0 Å². The summed E-state index contributed by atoms with van der Waals surface area (Å²) in [5, 5.41) is 17.0.